The zero-order valence-electron chi connectivity index (χ0n) is 23.0. The highest BCUT2D eigenvalue weighted by molar-refractivity contribution is 5.98. The molecule has 0 spiro atoms. The van der Waals surface area contributed by atoms with Crippen LogP contribution < -0.4 is 16.0 Å². The summed E-state index contributed by atoms with van der Waals surface area (Å²) in [7, 11) is 0. The molecule has 212 valence electrons. The van der Waals surface area contributed by atoms with Gasteiger partial charge in [0.2, 0.25) is 23.6 Å². The van der Waals surface area contributed by atoms with Crippen LogP contribution in [0.15, 0.2) is 5.11 Å². The minimum Gasteiger partial charge on any atom is -0.361 e. The van der Waals surface area contributed by atoms with Crippen molar-refractivity contribution < 1.29 is 28.7 Å². The van der Waals surface area contributed by atoms with E-state index in [2.05, 4.69) is 26.0 Å². The molecule has 2 aliphatic rings. The van der Waals surface area contributed by atoms with Gasteiger partial charge in [-0.2, -0.15) is 0 Å². The minimum atomic E-state index is -0.919. The van der Waals surface area contributed by atoms with Crippen molar-refractivity contribution in [2.75, 3.05) is 19.7 Å². The van der Waals surface area contributed by atoms with Crippen LogP contribution in [0, 0.1) is 5.92 Å². The number of azide groups is 1. The Labute approximate surface area is 223 Å². The van der Waals surface area contributed by atoms with E-state index in [9.17, 15) is 24.0 Å². The van der Waals surface area contributed by atoms with E-state index in [0.717, 1.165) is 6.42 Å². The van der Waals surface area contributed by atoms with Crippen LogP contribution in [-0.4, -0.2) is 83.8 Å². The van der Waals surface area contributed by atoms with Crippen molar-refractivity contribution in [2.24, 2.45) is 11.0 Å². The van der Waals surface area contributed by atoms with E-state index in [4.69, 9.17) is 10.3 Å². The number of hydrogen-bond donors (Lipinski definition) is 3. The molecule has 2 aliphatic heterocycles. The SMILES string of the molecule is CCCC[C@H](NC(=O)[C@@H]1CCCN1C(=O)[C@H](C)NC(=O)CN=[N+]=[N-])C(=O)N[C@@H](CC(C)C)C(=O)[C@@]1(C)CO1. The molecular formula is C25H41N7O6. The van der Waals surface area contributed by atoms with Gasteiger partial charge in [0, 0.05) is 11.5 Å². The summed E-state index contributed by atoms with van der Waals surface area (Å²) in [5, 5.41) is 11.3. The predicted molar refractivity (Wildman–Crippen MR) is 139 cm³/mol. The molecule has 0 bridgehead atoms. The highest BCUT2D eigenvalue weighted by Gasteiger charge is 2.50. The second-order valence-electron chi connectivity index (χ2n) is 10.6. The molecule has 4 amide bonds. The molecule has 0 aromatic carbocycles. The van der Waals surface area contributed by atoms with E-state index in [0.29, 0.717) is 45.3 Å². The third-order valence-corrected chi connectivity index (χ3v) is 6.78. The molecule has 38 heavy (non-hydrogen) atoms. The van der Waals surface area contributed by atoms with Crippen LogP contribution in [0.25, 0.3) is 10.4 Å². The summed E-state index contributed by atoms with van der Waals surface area (Å²) in [5.74, 6) is -1.96. The molecule has 0 aromatic heterocycles. The number of epoxide rings is 1. The molecule has 13 heteroatoms. The first kappa shape index (κ1) is 31.0. The maximum atomic E-state index is 13.3. The number of likely N-dealkylation sites (tertiary alicyclic amines) is 1. The van der Waals surface area contributed by atoms with Crippen molar-refractivity contribution >= 4 is 29.4 Å². The number of unbranched alkanes of at least 4 members (excludes halogenated alkanes) is 1. The van der Waals surface area contributed by atoms with Gasteiger partial charge in [-0.3, -0.25) is 24.0 Å². The van der Waals surface area contributed by atoms with Gasteiger partial charge in [0.15, 0.2) is 5.78 Å². The zero-order chi connectivity index (χ0) is 28.5. The minimum absolute atomic E-state index is 0.155. The van der Waals surface area contributed by atoms with E-state index >= 15 is 0 Å². The second kappa shape index (κ2) is 14.1. The average molecular weight is 536 g/mol. The van der Waals surface area contributed by atoms with Gasteiger partial charge < -0.3 is 25.6 Å². The standard InChI is InChI=1S/C25H41N7O6/c1-6-7-9-17(22(35)30-18(12-15(2)3)21(34)25(5)14-38-25)29-23(36)19-10-8-11-32(19)24(37)16(4)28-20(33)13-27-31-26/h15-19H,6-14H2,1-5H3,(H,28,33)(H,29,36)(H,30,35)/t16-,17-,18-,19-,25+/m0/s1. The Morgan fingerprint density at radius 2 is 1.82 bits per heavy atom. The normalized spacial score (nSPS) is 22.6. The summed E-state index contributed by atoms with van der Waals surface area (Å²) >= 11 is 0. The lowest BCUT2D eigenvalue weighted by Crippen LogP contribution is -2.57. The van der Waals surface area contributed by atoms with Crippen LogP contribution in [0.3, 0.4) is 0 Å². The number of nitrogens with zero attached hydrogens (tertiary/aromatic N) is 4. The van der Waals surface area contributed by atoms with E-state index in [1.54, 1.807) is 6.92 Å². The summed E-state index contributed by atoms with van der Waals surface area (Å²) in [5.41, 5.74) is 7.47. The van der Waals surface area contributed by atoms with Crippen LogP contribution in [0.1, 0.15) is 73.1 Å². The first-order valence-electron chi connectivity index (χ1n) is 13.3. The average Bonchev–Trinajstić information content (AvgIpc) is 3.42. The quantitative estimate of drug-likeness (QED) is 0.123. The Balaban J connectivity index is 2.08. The van der Waals surface area contributed by atoms with Gasteiger partial charge in [0.05, 0.1) is 12.6 Å². The molecular weight excluding hydrogens is 494 g/mol. The smallest absolute Gasteiger partial charge is 0.245 e. The summed E-state index contributed by atoms with van der Waals surface area (Å²) in [6.07, 6.45) is 3.34. The number of ketones is 1. The second-order valence-corrected chi connectivity index (χ2v) is 10.6. The van der Waals surface area contributed by atoms with Crippen molar-refractivity contribution in [2.45, 2.75) is 103 Å². The van der Waals surface area contributed by atoms with Gasteiger partial charge in [0.25, 0.3) is 0 Å². The molecule has 0 aromatic rings. The van der Waals surface area contributed by atoms with Gasteiger partial charge in [-0.05, 0) is 51.0 Å². The summed E-state index contributed by atoms with van der Waals surface area (Å²) in [6.45, 7) is 9.33. The molecule has 0 aliphatic carbocycles. The fourth-order valence-corrected chi connectivity index (χ4v) is 4.54. The number of amides is 4. The van der Waals surface area contributed by atoms with E-state index in [1.165, 1.54) is 11.8 Å². The van der Waals surface area contributed by atoms with Gasteiger partial charge in [-0.25, -0.2) is 0 Å². The van der Waals surface area contributed by atoms with Gasteiger partial charge in [0.1, 0.15) is 30.3 Å². The highest BCUT2D eigenvalue weighted by atomic mass is 16.6. The lowest BCUT2D eigenvalue weighted by atomic mass is 9.93. The molecule has 5 atom stereocenters. The molecule has 0 saturated carbocycles. The van der Waals surface area contributed by atoms with Crippen LogP contribution >= 0.6 is 0 Å². The molecule has 13 nitrogen and oxygen atoms in total. The Kier molecular flexibility index (Phi) is 11.5. The summed E-state index contributed by atoms with van der Waals surface area (Å²) < 4.78 is 5.30. The molecule has 2 saturated heterocycles. The van der Waals surface area contributed by atoms with Crippen molar-refractivity contribution in [3.8, 4) is 0 Å². The number of carbonyl (C=O) groups excluding carboxylic acids is 5. The number of ether oxygens (including phenoxy) is 1. The topological polar surface area (TPSA) is 186 Å². The molecule has 2 rings (SSSR count). The Hall–Kier alpha value is -3.18. The lowest BCUT2D eigenvalue weighted by molar-refractivity contribution is -0.141. The number of nitrogens with one attached hydrogen (secondary N) is 3. The van der Waals surface area contributed by atoms with Crippen LogP contribution in [0.5, 0.6) is 0 Å². The number of hydrogen-bond acceptors (Lipinski definition) is 7. The van der Waals surface area contributed by atoms with Gasteiger partial charge in [-0.15, -0.1) is 0 Å². The van der Waals surface area contributed by atoms with Crippen LogP contribution in [0.2, 0.25) is 0 Å². The molecule has 2 fully saturated rings. The van der Waals surface area contributed by atoms with Crippen molar-refractivity contribution in [1.29, 1.82) is 0 Å². The third kappa shape index (κ3) is 8.70. The zero-order valence-corrected chi connectivity index (χ0v) is 23.0. The first-order valence-corrected chi connectivity index (χ1v) is 13.3. The van der Waals surface area contributed by atoms with Gasteiger partial charge >= 0.3 is 0 Å². The van der Waals surface area contributed by atoms with Crippen LogP contribution in [-0.2, 0) is 28.7 Å². The van der Waals surface area contributed by atoms with Gasteiger partial charge in [-0.1, -0.05) is 38.7 Å². The maximum Gasteiger partial charge on any atom is 0.245 e. The Bertz CT molecular complexity index is 944. The third-order valence-electron chi connectivity index (χ3n) is 6.78. The number of Topliss-reactive ketones (excluding diaryl/α,β-unsaturated/α-hetero) is 1. The molecule has 0 unspecified atom stereocenters. The monoisotopic (exact) mass is 535 g/mol. The highest BCUT2D eigenvalue weighted by Crippen LogP contribution is 2.29. The molecule has 0 radical (unpaired) electrons. The number of rotatable bonds is 15. The fourth-order valence-electron chi connectivity index (χ4n) is 4.54. The fraction of sp³-hybridized carbons (Fsp3) is 0.800. The van der Waals surface area contributed by atoms with Crippen molar-refractivity contribution in [3.63, 3.8) is 0 Å². The predicted octanol–water partition coefficient (Wildman–Crippen LogP) is 1.36. The summed E-state index contributed by atoms with van der Waals surface area (Å²) in [6, 6.07) is -3.30. The molecule has 2 heterocycles. The molecule has 3 N–H and O–H groups in total. The van der Waals surface area contributed by atoms with E-state index in [1.807, 2.05) is 20.8 Å². The first-order chi connectivity index (χ1) is 17.9. The largest absolute Gasteiger partial charge is 0.361 e. The Morgan fingerprint density at radius 3 is 2.39 bits per heavy atom. The lowest BCUT2D eigenvalue weighted by Gasteiger charge is -2.29. The Morgan fingerprint density at radius 1 is 1.13 bits per heavy atom. The van der Waals surface area contributed by atoms with Crippen molar-refractivity contribution in [1.82, 2.24) is 20.9 Å². The summed E-state index contributed by atoms with van der Waals surface area (Å²) in [4.78, 5) is 68.3. The van der Waals surface area contributed by atoms with E-state index < -0.39 is 59.9 Å². The maximum absolute atomic E-state index is 13.3. The van der Waals surface area contributed by atoms with Crippen molar-refractivity contribution in [3.05, 3.63) is 10.4 Å². The van der Waals surface area contributed by atoms with Crippen LogP contribution in [0.4, 0.5) is 0 Å². The van der Waals surface area contributed by atoms with E-state index in [-0.39, 0.29) is 11.7 Å². The number of carbonyl (C=O) groups is 5.